The van der Waals surface area contributed by atoms with Crippen LogP contribution < -0.4 is 10.1 Å². The minimum Gasteiger partial charge on any atom is -0.483 e. The predicted molar refractivity (Wildman–Crippen MR) is 74.1 cm³/mol. The molecule has 0 aliphatic carbocycles. The first-order valence-corrected chi connectivity index (χ1v) is 6.46. The summed E-state index contributed by atoms with van der Waals surface area (Å²) in [4.78, 5) is 11.7. The number of hydrogen-bond acceptors (Lipinski definition) is 2. The Kier molecular flexibility index (Phi) is 5.48. The van der Waals surface area contributed by atoms with Crippen LogP contribution in [0.1, 0.15) is 26.3 Å². The fourth-order valence-electron chi connectivity index (χ4n) is 1.33. The molecule has 0 saturated heterocycles. The van der Waals surface area contributed by atoms with Crippen LogP contribution in [0.3, 0.4) is 0 Å². The Bertz CT molecular complexity index is 418. The van der Waals surface area contributed by atoms with E-state index >= 15 is 0 Å². The maximum Gasteiger partial charge on any atom is 0.258 e. The van der Waals surface area contributed by atoms with Crippen molar-refractivity contribution < 1.29 is 9.53 Å². The van der Waals surface area contributed by atoms with Crippen LogP contribution in [0.4, 0.5) is 0 Å². The Morgan fingerprint density at radius 1 is 1.39 bits per heavy atom. The van der Waals surface area contributed by atoms with Crippen LogP contribution in [0, 0.1) is 12.8 Å². The van der Waals surface area contributed by atoms with Gasteiger partial charge in [-0.05, 0) is 37.5 Å². The van der Waals surface area contributed by atoms with Crippen molar-refractivity contribution in [1.82, 2.24) is 5.32 Å². The lowest BCUT2D eigenvalue weighted by Crippen LogP contribution is -2.39. The molecule has 3 nitrogen and oxygen atoms in total. The largest absolute Gasteiger partial charge is 0.483 e. The summed E-state index contributed by atoms with van der Waals surface area (Å²) in [6.45, 7) is 8.03. The summed E-state index contributed by atoms with van der Waals surface area (Å²) in [5, 5.41) is 3.49. The van der Waals surface area contributed by atoms with Gasteiger partial charge in [-0.2, -0.15) is 0 Å². The number of hydrogen-bond donors (Lipinski definition) is 1. The van der Waals surface area contributed by atoms with E-state index in [0.717, 1.165) is 5.56 Å². The summed E-state index contributed by atoms with van der Waals surface area (Å²) in [7, 11) is 0. The van der Waals surface area contributed by atoms with E-state index in [2.05, 4.69) is 19.2 Å². The summed E-state index contributed by atoms with van der Waals surface area (Å²) in [6.07, 6.45) is 0. The number of carbonyl (C=O) groups excluding carboxylic acids is 1. The molecule has 1 N–H and O–H groups in total. The number of aryl methyl sites for hydroxylation is 1. The highest BCUT2D eigenvalue weighted by Gasteiger charge is 2.11. The van der Waals surface area contributed by atoms with E-state index in [1.54, 1.807) is 12.1 Å². The van der Waals surface area contributed by atoms with Crippen molar-refractivity contribution in [1.29, 1.82) is 0 Å². The fourth-order valence-corrected chi connectivity index (χ4v) is 1.50. The van der Waals surface area contributed by atoms with Crippen LogP contribution in [0.5, 0.6) is 5.75 Å². The molecule has 1 aromatic rings. The maximum absolute atomic E-state index is 11.7. The maximum atomic E-state index is 11.7. The fraction of sp³-hybridized carbons (Fsp3) is 0.500. The molecule has 0 aliphatic heterocycles. The van der Waals surface area contributed by atoms with Crippen molar-refractivity contribution in [2.45, 2.75) is 33.7 Å². The van der Waals surface area contributed by atoms with Crippen molar-refractivity contribution in [3.05, 3.63) is 28.8 Å². The number of ether oxygens (including phenoxy) is 1. The summed E-state index contributed by atoms with van der Waals surface area (Å²) in [6, 6.07) is 5.52. The lowest BCUT2D eigenvalue weighted by Gasteiger charge is -2.17. The molecule has 18 heavy (non-hydrogen) atoms. The van der Waals surface area contributed by atoms with E-state index in [4.69, 9.17) is 16.3 Å². The molecule has 1 atom stereocenters. The van der Waals surface area contributed by atoms with Gasteiger partial charge < -0.3 is 10.1 Å². The summed E-state index contributed by atoms with van der Waals surface area (Å²) >= 11 is 5.88. The van der Waals surface area contributed by atoms with Gasteiger partial charge >= 0.3 is 0 Å². The average Bonchev–Trinajstić information content (AvgIpc) is 2.30. The van der Waals surface area contributed by atoms with Gasteiger partial charge in [0.15, 0.2) is 6.61 Å². The van der Waals surface area contributed by atoms with E-state index in [1.807, 2.05) is 19.9 Å². The molecule has 1 aromatic carbocycles. The molecule has 1 rings (SSSR count). The molecule has 0 bridgehead atoms. The van der Waals surface area contributed by atoms with Crippen LogP contribution in [0.2, 0.25) is 5.02 Å². The quantitative estimate of drug-likeness (QED) is 0.892. The zero-order valence-corrected chi connectivity index (χ0v) is 12.0. The first-order valence-electron chi connectivity index (χ1n) is 6.08. The number of benzene rings is 1. The highest BCUT2D eigenvalue weighted by molar-refractivity contribution is 6.30. The van der Waals surface area contributed by atoms with Crippen molar-refractivity contribution in [3.8, 4) is 5.75 Å². The zero-order chi connectivity index (χ0) is 13.7. The van der Waals surface area contributed by atoms with Crippen molar-refractivity contribution in [2.24, 2.45) is 5.92 Å². The minimum atomic E-state index is -0.115. The molecule has 0 spiro atoms. The Balaban J connectivity index is 2.50. The number of amides is 1. The normalized spacial score (nSPS) is 12.3. The Hall–Kier alpha value is -1.22. The van der Waals surface area contributed by atoms with Crippen LogP contribution in [-0.2, 0) is 4.79 Å². The predicted octanol–water partition coefficient (Wildman–Crippen LogP) is 3.19. The molecule has 100 valence electrons. The first kappa shape index (κ1) is 14.8. The topological polar surface area (TPSA) is 38.3 Å². The first-order chi connectivity index (χ1) is 8.40. The molecule has 0 heterocycles. The third-order valence-electron chi connectivity index (χ3n) is 2.90. The lowest BCUT2D eigenvalue weighted by molar-refractivity contribution is -0.124. The smallest absolute Gasteiger partial charge is 0.258 e. The van der Waals surface area contributed by atoms with Gasteiger partial charge in [0.25, 0.3) is 5.91 Å². The van der Waals surface area contributed by atoms with Gasteiger partial charge in [0.05, 0.1) is 0 Å². The summed E-state index contributed by atoms with van der Waals surface area (Å²) < 4.78 is 5.46. The van der Waals surface area contributed by atoms with Crippen LogP contribution in [0.15, 0.2) is 18.2 Å². The molecule has 0 fully saturated rings. The second kappa shape index (κ2) is 6.64. The molecular formula is C14H20ClNO2. The number of rotatable bonds is 5. The zero-order valence-electron chi connectivity index (χ0n) is 11.3. The Labute approximate surface area is 113 Å². The van der Waals surface area contributed by atoms with Gasteiger partial charge in [0.1, 0.15) is 5.75 Å². The average molecular weight is 270 g/mol. The van der Waals surface area contributed by atoms with Crippen molar-refractivity contribution in [3.63, 3.8) is 0 Å². The molecule has 0 radical (unpaired) electrons. The summed E-state index contributed by atoms with van der Waals surface area (Å²) in [5.41, 5.74) is 0.962. The van der Waals surface area contributed by atoms with E-state index in [-0.39, 0.29) is 18.6 Å². The molecule has 4 heteroatoms. The van der Waals surface area contributed by atoms with Gasteiger partial charge in [0.2, 0.25) is 0 Å². The standard InChI is InChI=1S/C14H20ClNO2/c1-9(2)11(4)16-14(17)8-18-13-7-12(15)6-5-10(13)3/h5-7,9,11H,8H2,1-4H3,(H,16,17). The van der Waals surface area contributed by atoms with Crippen molar-refractivity contribution in [2.75, 3.05) is 6.61 Å². The second-order valence-corrected chi connectivity index (χ2v) is 5.24. The highest BCUT2D eigenvalue weighted by atomic mass is 35.5. The van der Waals surface area contributed by atoms with Crippen LogP contribution >= 0.6 is 11.6 Å². The highest BCUT2D eigenvalue weighted by Crippen LogP contribution is 2.22. The van der Waals surface area contributed by atoms with Crippen LogP contribution in [-0.4, -0.2) is 18.6 Å². The van der Waals surface area contributed by atoms with Gasteiger partial charge in [-0.3, -0.25) is 4.79 Å². The third kappa shape index (κ3) is 4.57. The number of halogens is 1. The monoisotopic (exact) mass is 269 g/mol. The third-order valence-corrected chi connectivity index (χ3v) is 3.13. The number of nitrogens with one attached hydrogen (secondary N) is 1. The molecule has 0 saturated carbocycles. The van der Waals surface area contributed by atoms with Gasteiger partial charge in [-0.25, -0.2) is 0 Å². The Morgan fingerprint density at radius 3 is 2.67 bits per heavy atom. The molecule has 1 amide bonds. The van der Waals surface area contributed by atoms with Crippen molar-refractivity contribution >= 4 is 17.5 Å². The van der Waals surface area contributed by atoms with E-state index in [1.165, 1.54) is 0 Å². The molecular weight excluding hydrogens is 250 g/mol. The molecule has 0 aliphatic rings. The SMILES string of the molecule is Cc1ccc(Cl)cc1OCC(=O)NC(C)C(C)C. The minimum absolute atomic E-state index is 0.0121. The van der Waals surface area contributed by atoms with Crippen LogP contribution in [0.25, 0.3) is 0 Å². The van der Waals surface area contributed by atoms with E-state index in [9.17, 15) is 4.79 Å². The van der Waals surface area contributed by atoms with E-state index in [0.29, 0.717) is 16.7 Å². The number of carbonyl (C=O) groups is 1. The molecule has 1 unspecified atom stereocenters. The Morgan fingerprint density at radius 2 is 2.06 bits per heavy atom. The van der Waals surface area contributed by atoms with Gasteiger partial charge in [-0.15, -0.1) is 0 Å². The summed E-state index contributed by atoms with van der Waals surface area (Å²) in [5.74, 6) is 0.937. The molecule has 0 aromatic heterocycles. The van der Waals surface area contributed by atoms with Gasteiger partial charge in [0, 0.05) is 11.1 Å². The van der Waals surface area contributed by atoms with Gasteiger partial charge in [-0.1, -0.05) is 31.5 Å². The van der Waals surface area contributed by atoms with E-state index < -0.39 is 0 Å². The second-order valence-electron chi connectivity index (χ2n) is 4.80. The lowest BCUT2D eigenvalue weighted by atomic mass is 10.1.